The average Bonchev–Trinajstić information content (AvgIpc) is 3.40. The Morgan fingerprint density at radius 2 is 2.00 bits per heavy atom. The quantitative estimate of drug-likeness (QED) is 0.375. The molecule has 8 heteroatoms. The fourth-order valence-corrected chi connectivity index (χ4v) is 5.46. The van der Waals surface area contributed by atoms with Gasteiger partial charge in [0.1, 0.15) is 0 Å². The van der Waals surface area contributed by atoms with Crippen molar-refractivity contribution in [1.29, 1.82) is 0 Å². The molecule has 0 bridgehead atoms. The van der Waals surface area contributed by atoms with Crippen LogP contribution >= 0.6 is 11.3 Å². The molecule has 0 aliphatic carbocycles. The highest BCUT2D eigenvalue weighted by Gasteiger charge is 2.21. The number of aromatic nitrogens is 2. The first-order valence-electron chi connectivity index (χ1n) is 12.2. The molecule has 0 radical (unpaired) electrons. The third kappa shape index (κ3) is 5.01. The number of nitrogens with two attached hydrogens (primary N) is 1. The number of hydrogen-bond acceptors (Lipinski definition) is 6. The number of hydrogen-bond donors (Lipinski definition) is 2. The second kappa shape index (κ2) is 10.6. The minimum Gasteiger partial charge on any atom is -0.381 e. The number of carbonyl (C=O) groups is 2. The van der Waals surface area contributed by atoms with Crippen molar-refractivity contribution in [1.82, 2.24) is 15.3 Å². The van der Waals surface area contributed by atoms with E-state index < -0.39 is 5.91 Å². The lowest BCUT2D eigenvalue weighted by molar-refractivity contribution is 0.0696. The summed E-state index contributed by atoms with van der Waals surface area (Å²) >= 11 is 1.36. The molecule has 1 aliphatic rings. The molecule has 1 saturated heterocycles. The van der Waals surface area contributed by atoms with E-state index in [1.54, 1.807) is 12.3 Å². The van der Waals surface area contributed by atoms with Gasteiger partial charge in [-0.2, -0.15) is 0 Å². The Morgan fingerprint density at radius 1 is 1.17 bits per heavy atom. The van der Waals surface area contributed by atoms with Gasteiger partial charge in [-0.05, 0) is 54.5 Å². The van der Waals surface area contributed by atoms with Gasteiger partial charge in [0.25, 0.3) is 5.91 Å². The predicted molar refractivity (Wildman–Crippen MR) is 141 cm³/mol. The lowest BCUT2D eigenvalue weighted by Gasteiger charge is -2.22. The number of nitrogens with zero attached hydrogens (tertiary/aromatic N) is 2. The number of carbonyl (C=O) groups excluding carboxylic acids is 2. The minimum atomic E-state index is -0.445. The van der Waals surface area contributed by atoms with Gasteiger partial charge in [0.15, 0.2) is 5.01 Å². The van der Waals surface area contributed by atoms with Gasteiger partial charge in [-0.25, -0.2) is 4.98 Å². The number of primary amides is 1. The Bertz CT molecular complexity index is 1410. The maximum absolute atomic E-state index is 12.7. The van der Waals surface area contributed by atoms with Crippen LogP contribution < -0.4 is 11.1 Å². The number of benzene rings is 2. The van der Waals surface area contributed by atoms with Crippen molar-refractivity contribution in [2.45, 2.75) is 38.1 Å². The second-order valence-electron chi connectivity index (χ2n) is 8.98. The van der Waals surface area contributed by atoms with Crippen LogP contribution in [0.2, 0.25) is 0 Å². The second-order valence-corrected chi connectivity index (χ2v) is 9.84. The number of thiazole rings is 1. The Hall–Kier alpha value is -3.62. The summed E-state index contributed by atoms with van der Waals surface area (Å²) < 4.78 is 5.37. The maximum atomic E-state index is 12.7. The Kier molecular flexibility index (Phi) is 7.06. The zero-order valence-corrected chi connectivity index (χ0v) is 20.9. The lowest BCUT2D eigenvalue weighted by Crippen LogP contribution is -2.38. The topological polar surface area (TPSA) is 107 Å². The van der Waals surface area contributed by atoms with E-state index in [9.17, 15) is 9.59 Å². The molecule has 1 unspecified atom stereocenters. The zero-order chi connectivity index (χ0) is 25.1. The molecule has 2 amide bonds. The monoisotopic (exact) mass is 500 g/mol. The van der Waals surface area contributed by atoms with E-state index in [1.165, 1.54) is 11.3 Å². The lowest BCUT2D eigenvalue weighted by atomic mass is 9.88. The largest absolute Gasteiger partial charge is 0.381 e. The normalized spacial score (nSPS) is 15.0. The van der Waals surface area contributed by atoms with E-state index in [1.807, 2.05) is 35.7 Å². The van der Waals surface area contributed by atoms with Gasteiger partial charge < -0.3 is 15.8 Å². The van der Waals surface area contributed by atoms with Crippen molar-refractivity contribution in [3.63, 3.8) is 0 Å². The highest BCUT2D eigenvalue weighted by atomic mass is 32.1. The summed E-state index contributed by atoms with van der Waals surface area (Å²) in [5.41, 5.74) is 9.77. The molecule has 2 aromatic carbocycles. The van der Waals surface area contributed by atoms with E-state index in [0.717, 1.165) is 52.5 Å². The van der Waals surface area contributed by atoms with Crippen LogP contribution in [0.5, 0.6) is 0 Å². The number of amides is 2. The molecule has 4 aromatic rings. The summed E-state index contributed by atoms with van der Waals surface area (Å²) in [4.78, 5) is 33.7. The Balaban J connectivity index is 1.41. The number of pyridine rings is 1. The molecule has 2 aromatic heterocycles. The molecule has 1 atom stereocenters. The van der Waals surface area contributed by atoms with Crippen LogP contribution in [-0.4, -0.2) is 41.0 Å². The summed E-state index contributed by atoms with van der Waals surface area (Å²) in [6.45, 7) is 3.49. The number of fused-ring (bicyclic) bond motifs is 1. The summed E-state index contributed by atoms with van der Waals surface area (Å²) in [6.07, 6.45) is 4.29. The van der Waals surface area contributed by atoms with E-state index in [-0.39, 0.29) is 17.9 Å². The Labute approximate surface area is 213 Å². The van der Waals surface area contributed by atoms with Crippen molar-refractivity contribution in [3.8, 4) is 11.3 Å². The summed E-state index contributed by atoms with van der Waals surface area (Å²) in [6, 6.07) is 15.8. The van der Waals surface area contributed by atoms with Gasteiger partial charge in [0.05, 0.1) is 11.4 Å². The van der Waals surface area contributed by atoms with Gasteiger partial charge in [-0.3, -0.25) is 14.6 Å². The summed E-state index contributed by atoms with van der Waals surface area (Å²) in [5, 5.41) is 7.41. The first kappa shape index (κ1) is 24.1. The average molecular weight is 501 g/mol. The third-order valence-corrected chi connectivity index (χ3v) is 7.50. The molecule has 7 nitrogen and oxygen atoms in total. The summed E-state index contributed by atoms with van der Waals surface area (Å²) in [5.74, 6) is -0.516. The molecule has 184 valence electrons. The number of nitrogens with one attached hydrogen (secondary N) is 1. The minimum absolute atomic E-state index is 0.0583. The van der Waals surface area contributed by atoms with Crippen molar-refractivity contribution in [2.24, 2.45) is 5.73 Å². The highest BCUT2D eigenvalue weighted by Crippen LogP contribution is 2.34. The van der Waals surface area contributed by atoms with E-state index >= 15 is 0 Å². The molecule has 0 spiro atoms. The molecule has 5 rings (SSSR count). The van der Waals surface area contributed by atoms with Crippen molar-refractivity contribution in [2.75, 3.05) is 13.2 Å². The van der Waals surface area contributed by atoms with Crippen molar-refractivity contribution >= 4 is 33.9 Å². The molecule has 1 aliphatic heterocycles. The molecule has 1 fully saturated rings. The van der Waals surface area contributed by atoms with E-state index in [0.29, 0.717) is 23.8 Å². The van der Waals surface area contributed by atoms with Crippen LogP contribution in [0.3, 0.4) is 0 Å². The first-order valence-corrected chi connectivity index (χ1v) is 13.0. The fourth-order valence-electron chi connectivity index (χ4n) is 4.73. The van der Waals surface area contributed by atoms with Crippen molar-refractivity contribution < 1.29 is 14.3 Å². The first-order chi connectivity index (χ1) is 17.5. The Morgan fingerprint density at radius 3 is 2.78 bits per heavy atom. The zero-order valence-electron chi connectivity index (χ0n) is 20.1. The maximum Gasteiger partial charge on any atom is 0.280 e. The van der Waals surface area contributed by atoms with Crippen LogP contribution in [0.4, 0.5) is 0 Å². The smallest absolute Gasteiger partial charge is 0.280 e. The third-order valence-electron chi connectivity index (χ3n) is 6.66. The van der Waals surface area contributed by atoms with E-state index in [4.69, 9.17) is 15.5 Å². The fraction of sp³-hybridized carbons (Fsp3) is 0.286. The van der Waals surface area contributed by atoms with Crippen LogP contribution in [0.1, 0.15) is 63.5 Å². The molecule has 36 heavy (non-hydrogen) atoms. The number of ether oxygens (including phenoxy) is 1. The van der Waals surface area contributed by atoms with Crippen LogP contribution in [0.15, 0.2) is 60.1 Å². The molecular formula is C28H28N4O3S. The van der Waals surface area contributed by atoms with Gasteiger partial charge in [-0.1, -0.05) is 31.2 Å². The molecule has 0 saturated carbocycles. The van der Waals surface area contributed by atoms with Crippen molar-refractivity contribution in [3.05, 3.63) is 81.9 Å². The predicted octanol–water partition coefficient (Wildman–Crippen LogP) is 4.91. The number of rotatable bonds is 7. The highest BCUT2D eigenvalue weighted by molar-refractivity contribution is 7.12. The SMILES string of the molecule is CCC(c1cccc(-c2csc(C(=O)NC3CCOCC3)n2)c1)c1nccc2cc(C(N)=O)ccc12. The van der Waals surface area contributed by atoms with Crippen LogP contribution in [-0.2, 0) is 4.74 Å². The molecule has 3 heterocycles. The van der Waals surface area contributed by atoms with Gasteiger partial charge in [0.2, 0.25) is 5.91 Å². The molecular weight excluding hydrogens is 472 g/mol. The van der Waals surface area contributed by atoms with E-state index in [2.05, 4.69) is 29.4 Å². The standard InChI is InChI=1S/C28H28N4O3S/c1-2-22(25-23-7-6-20(26(29)33)15-18(23)8-11-30-25)17-4-3-5-19(14-17)24-16-36-28(32-24)27(34)31-21-9-12-35-13-10-21/h3-8,11,14-16,21-22H,2,9-10,12-13H2,1H3,(H2,29,33)(H,31,34). The van der Waals surface area contributed by atoms with Gasteiger partial charge in [-0.15, -0.1) is 11.3 Å². The van der Waals surface area contributed by atoms with Crippen LogP contribution in [0.25, 0.3) is 22.0 Å². The molecule has 3 N–H and O–H groups in total. The summed E-state index contributed by atoms with van der Waals surface area (Å²) in [7, 11) is 0. The van der Waals surface area contributed by atoms with Crippen LogP contribution in [0, 0.1) is 0 Å². The van der Waals surface area contributed by atoms with Gasteiger partial charge in [0, 0.05) is 53.3 Å². The van der Waals surface area contributed by atoms with Gasteiger partial charge >= 0.3 is 0 Å².